The second-order valence-electron chi connectivity index (χ2n) is 7.35. The Hall–Kier alpha value is -3.44. The first-order valence-corrected chi connectivity index (χ1v) is 10.5. The van der Waals surface area contributed by atoms with Gasteiger partial charge in [0.15, 0.2) is 0 Å². The summed E-state index contributed by atoms with van der Waals surface area (Å²) in [6, 6.07) is 24.1. The number of carbonyl (C=O) groups is 1. The van der Waals surface area contributed by atoms with E-state index in [1.165, 1.54) is 0 Å². The van der Waals surface area contributed by atoms with Crippen LogP contribution in [-0.4, -0.2) is 15.5 Å². The van der Waals surface area contributed by atoms with E-state index in [-0.39, 0.29) is 30.5 Å². The molecule has 0 radical (unpaired) electrons. The second kappa shape index (κ2) is 9.14. The van der Waals surface area contributed by atoms with Crippen LogP contribution in [0.25, 0.3) is 10.9 Å². The summed E-state index contributed by atoms with van der Waals surface area (Å²) in [6.45, 7) is 2.04. The molecule has 156 valence electrons. The van der Waals surface area contributed by atoms with Crippen molar-refractivity contribution in [1.82, 2.24) is 14.9 Å². The third kappa shape index (κ3) is 4.67. The average molecular weight is 432 g/mol. The fourth-order valence-electron chi connectivity index (χ4n) is 3.65. The molecule has 1 aromatic heterocycles. The number of nitrogens with one attached hydrogen (secondary N) is 1. The second-order valence-corrected chi connectivity index (χ2v) is 7.78. The molecule has 1 amide bonds. The van der Waals surface area contributed by atoms with Gasteiger partial charge in [-0.3, -0.25) is 14.2 Å². The summed E-state index contributed by atoms with van der Waals surface area (Å²) in [7, 11) is 0. The van der Waals surface area contributed by atoms with Gasteiger partial charge in [-0.15, -0.1) is 0 Å². The van der Waals surface area contributed by atoms with Crippen LogP contribution in [0.3, 0.4) is 0 Å². The number of benzene rings is 3. The van der Waals surface area contributed by atoms with Gasteiger partial charge in [-0.25, -0.2) is 4.98 Å². The SMILES string of the molecule is Cc1nc2ccccc2c(=O)n1CCC(=O)N[C@@H](c1ccccc1)c1ccc(Cl)cc1. The zero-order valence-corrected chi connectivity index (χ0v) is 17.8. The number of hydrogen-bond acceptors (Lipinski definition) is 3. The summed E-state index contributed by atoms with van der Waals surface area (Å²) in [5.41, 5.74) is 2.44. The number of carbonyl (C=O) groups excluding carboxylic acids is 1. The van der Waals surface area contributed by atoms with Gasteiger partial charge in [-0.2, -0.15) is 0 Å². The minimum Gasteiger partial charge on any atom is -0.345 e. The number of halogens is 1. The quantitative estimate of drug-likeness (QED) is 0.483. The van der Waals surface area contributed by atoms with Crippen molar-refractivity contribution in [2.45, 2.75) is 25.9 Å². The number of hydrogen-bond donors (Lipinski definition) is 1. The average Bonchev–Trinajstić information content (AvgIpc) is 2.78. The van der Waals surface area contributed by atoms with Crippen molar-refractivity contribution in [1.29, 1.82) is 0 Å². The van der Waals surface area contributed by atoms with Crippen LogP contribution in [0.15, 0.2) is 83.7 Å². The van der Waals surface area contributed by atoms with E-state index in [2.05, 4.69) is 10.3 Å². The number of nitrogens with zero attached hydrogens (tertiary/aromatic N) is 2. The Morgan fingerprint density at radius 1 is 0.968 bits per heavy atom. The van der Waals surface area contributed by atoms with Crippen LogP contribution in [0.1, 0.15) is 29.4 Å². The van der Waals surface area contributed by atoms with Gasteiger partial charge >= 0.3 is 0 Å². The lowest BCUT2D eigenvalue weighted by molar-refractivity contribution is -0.121. The smallest absolute Gasteiger partial charge is 0.261 e. The summed E-state index contributed by atoms with van der Waals surface area (Å²) in [5, 5.41) is 4.29. The molecule has 5 nitrogen and oxygen atoms in total. The van der Waals surface area contributed by atoms with Crippen LogP contribution in [0, 0.1) is 6.92 Å². The molecule has 0 bridgehead atoms. The third-order valence-electron chi connectivity index (χ3n) is 5.26. The van der Waals surface area contributed by atoms with E-state index < -0.39 is 0 Å². The molecule has 0 aliphatic heterocycles. The van der Waals surface area contributed by atoms with E-state index in [4.69, 9.17) is 11.6 Å². The Morgan fingerprint density at radius 2 is 1.61 bits per heavy atom. The molecule has 0 fully saturated rings. The molecule has 4 aromatic rings. The molecule has 0 aliphatic rings. The van der Waals surface area contributed by atoms with Crippen LogP contribution >= 0.6 is 11.6 Å². The fraction of sp³-hybridized carbons (Fsp3) is 0.160. The van der Waals surface area contributed by atoms with Gasteiger partial charge < -0.3 is 5.32 Å². The molecule has 0 spiro atoms. The van der Waals surface area contributed by atoms with Crippen LogP contribution in [-0.2, 0) is 11.3 Å². The molecule has 1 atom stereocenters. The van der Waals surface area contributed by atoms with Crippen molar-refractivity contribution < 1.29 is 4.79 Å². The topological polar surface area (TPSA) is 64.0 Å². The van der Waals surface area contributed by atoms with Gasteiger partial charge in [0.1, 0.15) is 5.82 Å². The highest BCUT2D eigenvalue weighted by molar-refractivity contribution is 6.30. The van der Waals surface area contributed by atoms with Crippen molar-refractivity contribution in [2.24, 2.45) is 0 Å². The minimum atomic E-state index is -0.307. The maximum absolute atomic E-state index is 12.9. The van der Waals surface area contributed by atoms with Gasteiger partial charge in [0.05, 0.1) is 16.9 Å². The standard InChI is InChI=1S/C25H22ClN3O2/c1-17-27-22-10-6-5-9-21(22)25(31)29(17)16-15-23(30)28-24(18-7-3-2-4-8-18)19-11-13-20(26)14-12-19/h2-14,24H,15-16H2,1H3,(H,28,30)/t24-/m0/s1. The number of amides is 1. The number of aromatic nitrogens is 2. The summed E-state index contributed by atoms with van der Waals surface area (Å²) in [6.07, 6.45) is 0.164. The predicted octanol–water partition coefficient (Wildman–Crippen LogP) is 4.65. The van der Waals surface area contributed by atoms with Gasteiger partial charge in [0.2, 0.25) is 5.91 Å². The van der Waals surface area contributed by atoms with E-state index in [1.54, 1.807) is 17.6 Å². The lowest BCUT2D eigenvalue weighted by atomic mass is 9.98. The van der Waals surface area contributed by atoms with E-state index in [0.717, 1.165) is 11.1 Å². The Bertz CT molecular complexity index is 1270. The molecule has 1 heterocycles. The molecular formula is C25H22ClN3O2. The Morgan fingerprint density at radius 3 is 2.35 bits per heavy atom. The molecule has 4 rings (SSSR count). The normalized spacial score (nSPS) is 11.9. The van der Waals surface area contributed by atoms with Crippen molar-refractivity contribution >= 4 is 28.4 Å². The molecule has 6 heteroatoms. The largest absolute Gasteiger partial charge is 0.345 e. The molecular weight excluding hydrogens is 410 g/mol. The zero-order chi connectivity index (χ0) is 21.8. The number of rotatable bonds is 6. The fourth-order valence-corrected chi connectivity index (χ4v) is 3.77. The van der Waals surface area contributed by atoms with Crippen molar-refractivity contribution in [3.63, 3.8) is 0 Å². The maximum Gasteiger partial charge on any atom is 0.261 e. The minimum absolute atomic E-state index is 0.131. The van der Waals surface area contributed by atoms with Crippen molar-refractivity contribution in [2.75, 3.05) is 0 Å². The van der Waals surface area contributed by atoms with Gasteiger partial charge in [0.25, 0.3) is 5.56 Å². The summed E-state index contributed by atoms with van der Waals surface area (Å²) in [5.74, 6) is 0.442. The van der Waals surface area contributed by atoms with Crippen molar-refractivity contribution in [3.05, 3.63) is 111 Å². The Balaban J connectivity index is 1.54. The molecule has 0 aliphatic carbocycles. The van der Waals surface area contributed by atoms with Gasteiger partial charge in [-0.05, 0) is 42.3 Å². The molecule has 0 saturated carbocycles. The van der Waals surface area contributed by atoms with E-state index in [0.29, 0.717) is 21.7 Å². The summed E-state index contributed by atoms with van der Waals surface area (Å²) >= 11 is 6.03. The van der Waals surface area contributed by atoms with Crippen LogP contribution in [0.5, 0.6) is 0 Å². The molecule has 31 heavy (non-hydrogen) atoms. The van der Waals surface area contributed by atoms with E-state index in [9.17, 15) is 9.59 Å². The zero-order valence-electron chi connectivity index (χ0n) is 17.1. The lowest BCUT2D eigenvalue weighted by Crippen LogP contribution is -2.32. The van der Waals surface area contributed by atoms with Crippen LogP contribution in [0.2, 0.25) is 5.02 Å². The van der Waals surface area contributed by atoms with Crippen LogP contribution < -0.4 is 10.9 Å². The molecule has 0 unspecified atom stereocenters. The number of para-hydroxylation sites is 1. The summed E-state index contributed by atoms with van der Waals surface area (Å²) < 4.78 is 1.56. The highest BCUT2D eigenvalue weighted by atomic mass is 35.5. The lowest BCUT2D eigenvalue weighted by Gasteiger charge is -2.20. The molecule has 0 saturated heterocycles. The molecule has 3 aromatic carbocycles. The first-order valence-electron chi connectivity index (χ1n) is 10.1. The Kier molecular flexibility index (Phi) is 6.14. The third-order valence-corrected chi connectivity index (χ3v) is 5.51. The first kappa shape index (κ1) is 20.8. The monoisotopic (exact) mass is 431 g/mol. The first-order chi connectivity index (χ1) is 15.0. The van der Waals surface area contributed by atoms with Gasteiger partial charge in [0, 0.05) is 18.0 Å². The summed E-state index contributed by atoms with van der Waals surface area (Å²) in [4.78, 5) is 30.2. The maximum atomic E-state index is 12.9. The highest BCUT2D eigenvalue weighted by Crippen LogP contribution is 2.23. The van der Waals surface area contributed by atoms with Crippen molar-refractivity contribution in [3.8, 4) is 0 Å². The van der Waals surface area contributed by atoms with Crippen LogP contribution in [0.4, 0.5) is 0 Å². The Labute approximate surface area is 185 Å². The predicted molar refractivity (Wildman–Crippen MR) is 123 cm³/mol. The highest BCUT2D eigenvalue weighted by Gasteiger charge is 2.17. The van der Waals surface area contributed by atoms with E-state index in [1.807, 2.05) is 72.8 Å². The number of fused-ring (bicyclic) bond motifs is 1. The van der Waals surface area contributed by atoms with Gasteiger partial charge in [-0.1, -0.05) is 66.2 Å². The van der Waals surface area contributed by atoms with E-state index >= 15 is 0 Å². The number of aryl methyl sites for hydroxylation is 1. The molecule has 1 N–H and O–H groups in total.